The molecule has 10 heteroatoms. The van der Waals surface area contributed by atoms with Crippen molar-refractivity contribution in [2.24, 2.45) is 5.92 Å². The van der Waals surface area contributed by atoms with Crippen LogP contribution in [-0.4, -0.2) is 71.3 Å². The number of methoxy groups -OCH3 is 1. The number of amides is 2. The first kappa shape index (κ1) is 27.5. The molecule has 0 radical (unpaired) electrons. The van der Waals surface area contributed by atoms with Crippen molar-refractivity contribution in [3.8, 4) is 5.75 Å². The normalized spacial score (nSPS) is 14.9. The van der Waals surface area contributed by atoms with Gasteiger partial charge >= 0.3 is 0 Å². The summed E-state index contributed by atoms with van der Waals surface area (Å²) in [6, 6.07) is 13.4. The van der Waals surface area contributed by atoms with Gasteiger partial charge in [0.15, 0.2) is 0 Å². The second-order valence-electron chi connectivity index (χ2n) is 9.24. The van der Waals surface area contributed by atoms with Gasteiger partial charge in [-0.25, -0.2) is 8.42 Å². The smallest absolute Gasteiger partial charge is 0.254 e. The fourth-order valence-corrected chi connectivity index (χ4v) is 4.93. The predicted octanol–water partition coefficient (Wildman–Crippen LogP) is 2.84. The maximum atomic E-state index is 13.0. The number of hydrogen-bond donors (Lipinski definition) is 1. The molecular weight excluding hydrogens is 482 g/mol. The average molecular weight is 518 g/mol. The topological polar surface area (TPSA) is 105 Å². The molecule has 1 atom stereocenters. The van der Waals surface area contributed by atoms with Gasteiger partial charge in [-0.15, -0.1) is 0 Å². The van der Waals surface area contributed by atoms with Crippen LogP contribution in [0.3, 0.4) is 0 Å². The highest BCUT2D eigenvalue weighted by atomic mass is 32.2. The minimum atomic E-state index is -3.75. The molecule has 1 aliphatic heterocycles. The van der Waals surface area contributed by atoms with E-state index in [9.17, 15) is 18.0 Å². The van der Waals surface area contributed by atoms with Gasteiger partial charge in [0.2, 0.25) is 15.9 Å². The Morgan fingerprint density at radius 1 is 1.06 bits per heavy atom. The van der Waals surface area contributed by atoms with Gasteiger partial charge < -0.3 is 19.7 Å². The molecule has 0 aliphatic carbocycles. The molecule has 0 aromatic heterocycles. The van der Waals surface area contributed by atoms with E-state index < -0.39 is 15.9 Å². The number of anilines is 1. The first-order chi connectivity index (χ1) is 17.1. The van der Waals surface area contributed by atoms with Crippen LogP contribution in [0.4, 0.5) is 5.69 Å². The molecule has 3 rings (SSSR count). The fourth-order valence-electron chi connectivity index (χ4n) is 4.08. The Kier molecular flexibility index (Phi) is 9.33. The van der Waals surface area contributed by atoms with E-state index in [1.165, 1.54) is 0 Å². The summed E-state index contributed by atoms with van der Waals surface area (Å²) in [6.07, 6.45) is 1.75. The van der Waals surface area contributed by atoms with E-state index in [1.807, 2.05) is 24.3 Å². The molecule has 2 aromatic carbocycles. The Bertz CT molecular complexity index is 1130. The Morgan fingerprint density at radius 2 is 1.67 bits per heavy atom. The van der Waals surface area contributed by atoms with Gasteiger partial charge in [0.25, 0.3) is 5.91 Å². The minimum absolute atomic E-state index is 0.135. The zero-order valence-electron chi connectivity index (χ0n) is 21.3. The summed E-state index contributed by atoms with van der Waals surface area (Å²) in [5.41, 5.74) is 1.68. The molecule has 36 heavy (non-hydrogen) atoms. The molecule has 1 aliphatic rings. The third-order valence-electron chi connectivity index (χ3n) is 5.95. The molecule has 1 heterocycles. The van der Waals surface area contributed by atoms with Gasteiger partial charge in [-0.05, 0) is 54.3 Å². The molecule has 2 amide bonds. The first-order valence-electron chi connectivity index (χ1n) is 12.0. The number of carbonyl (C=O) groups is 2. The zero-order valence-corrected chi connectivity index (χ0v) is 22.1. The van der Waals surface area contributed by atoms with E-state index in [1.54, 1.807) is 36.3 Å². The van der Waals surface area contributed by atoms with Gasteiger partial charge in [-0.1, -0.05) is 26.0 Å². The van der Waals surface area contributed by atoms with Crippen LogP contribution in [-0.2, 0) is 19.6 Å². The van der Waals surface area contributed by atoms with E-state index in [0.717, 1.165) is 16.1 Å². The molecule has 1 N–H and O–H groups in total. The van der Waals surface area contributed by atoms with Crippen molar-refractivity contribution >= 4 is 27.5 Å². The zero-order chi connectivity index (χ0) is 26.3. The molecule has 0 spiro atoms. The molecular formula is C26H35N3O6S. The second kappa shape index (κ2) is 12.2. The van der Waals surface area contributed by atoms with Crippen molar-refractivity contribution in [2.75, 3.05) is 50.5 Å². The molecule has 9 nitrogen and oxygen atoms in total. The maximum absolute atomic E-state index is 13.0. The summed E-state index contributed by atoms with van der Waals surface area (Å²) >= 11 is 0. The summed E-state index contributed by atoms with van der Waals surface area (Å²) < 4.78 is 36.7. The van der Waals surface area contributed by atoms with Crippen LogP contribution >= 0.6 is 0 Å². The Balaban J connectivity index is 1.74. The van der Waals surface area contributed by atoms with Crippen molar-refractivity contribution in [1.29, 1.82) is 0 Å². The van der Waals surface area contributed by atoms with Crippen LogP contribution in [0, 0.1) is 5.92 Å². The molecule has 1 saturated heterocycles. The predicted molar refractivity (Wildman–Crippen MR) is 139 cm³/mol. The Hall–Kier alpha value is -3.11. The number of carbonyl (C=O) groups excluding carboxylic acids is 2. The summed E-state index contributed by atoms with van der Waals surface area (Å²) in [7, 11) is -2.16. The molecule has 1 fully saturated rings. The van der Waals surface area contributed by atoms with Crippen LogP contribution in [0.5, 0.6) is 5.75 Å². The van der Waals surface area contributed by atoms with Crippen molar-refractivity contribution in [3.63, 3.8) is 0 Å². The molecule has 2 aromatic rings. The van der Waals surface area contributed by atoms with Crippen LogP contribution in [0.1, 0.15) is 42.2 Å². The maximum Gasteiger partial charge on any atom is 0.254 e. The largest absolute Gasteiger partial charge is 0.497 e. The van der Waals surface area contributed by atoms with Gasteiger partial charge in [-0.3, -0.25) is 13.9 Å². The summed E-state index contributed by atoms with van der Waals surface area (Å²) in [4.78, 5) is 27.4. The van der Waals surface area contributed by atoms with E-state index in [4.69, 9.17) is 9.47 Å². The van der Waals surface area contributed by atoms with Crippen LogP contribution in [0.2, 0.25) is 0 Å². The standard InChI is InChI=1S/C26H35N3O6S/c1-19(2)17-24(20-7-11-23(34-3)12-8-20)27-25(30)18-29(36(4,32)33)22-9-5-21(6-10-22)26(31)28-13-15-35-16-14-28/h5-12,19,24H,13-18H2,1-4H3,(H,27,30). The SMILES string of the molecule is COc1ccc(C(CC(C)C)NC(=O)CN(c2ccc(C(=O)N3CCOCC3)cc2)S(C)(=O)=O)cc1. The lowest BCUT2D eigenvalue weighted by molar-refractivity contribution is -0.120. The molecule has 0 saturated carbocycles. The third-order valence-corrected chi connectivity index (χ3v) is 7.09. The van der Waals surface area contributed by atoms with E-state index in [0.29, 0.717) is 55.6 Å². The quantitative estimate of drug-likeness (QED) is 0.520. The number of rotatable bonds is 10. The van der Waals surface area contributed by atoms with Crippen LogP contribution < -0.4 is 14.4 Å². The van der Waals surface area contributed by atoms with Crippen molar-refractivity contribution in [1.82, 2.24) is 10.2 Å². The van der Waals surface area contributed by atoms with Crippen molar-refractivity contribution < 1.29 is 27.5 Å². The lowest BCUT2D eigenvalue weighted by Gasteiger charge is -2.27. The Labute approximate surface area is 213 Å². The number of nitrogens with zero attached hydrogens (tertiary/aromatic N) is 2. The minimum Gasteiger partial charge on any atom is -0.497 e. The van der Waals surface area contributed by atoms with E-state index >= 15 is 0 Å². The second-order valence-corrected chi connectivity index (χ2v) is 11.2. The van der Waals surface area contributed by atoms with Crippen LogP contribution in [0.15, 0.2) is 48.5 Å². The lowest BCUT2D eigenvalue weighted by Crippen LogP contribution is -2.42. The lowest BCUT2D eigenvalue weighted by atomic mass is 9.97. The highest BCUT2D eigenvalue weighted by Crippen LogP contribution is 2.24. The molecule has 0 bridgehead atoms. The van der Waals surface area contributed by atoms with E-state index in [2.05, 4.69) is 19.2 Å². The monoisotopic (exact) mass is 517 g/mol. The summed E-state index contributed by atoms with van der Waals surface area (Å²) in [6.45, 7) is 5.77. The number of morpholine rings is 1. The molecule has 196 valence electrons. The number of ether oxygens (including phenoxy) is 2. The number of benzene rings is 2. The number of sulfonamides is 1. The van der Waals surface area contributed by atoms with Gasteiger partial charge in [0, 0.05) is 18.7 Å². The van der Waals surface area contributed by atoms with E-state index in [-0.39, 0.29) is 18.5 Å². The van der Waals surface area contributed by atoms with Gasteiger partial charge in [0.05, 0.1) is 38.3 Å². The number of nitrogens with one attached hydrogen (secondary N) is 1. The van der Waals surface area contributed by atoms with Crippen LogP contribution in [0.25, 0.3) is 0 Å². The average Bonchev–Trinajstić information content (AvgIpc) is 2.86. The van der Waals surface area contributed by atoms with Crippen molar-refractivity contribution in [2.45, 2.75) is 26.3 Å². The fraction of sp³-hybridized carbons (Fsp3) is 0.462. The highest BCUT2D eigenvalue weighted by Gasteiger charge is 2.24. The molecule has 1 unspecified atom stereocenters. The van der Waals surface area contributed by atoms with Gasteiger partial charge in [-0.2, -0.15) is 0 Å². The number of hydrogen-bond acceptors (Lipinski definition) is 6. The summed E-state index contributed by atoms with van der Waals surface area (Å²) in [5, 5.41) is 2.99. The highest BCUT2D eigenvalue weighted by molar-refractivity contribution is 7.92. The third kappa shape index (κ3) is 7.44. The van der Waals surface area contributed by atoms with Gasteiger partial charge in [0.1, 0.15) is 12.3 Å². The Morgan fingerprint density at radius 3 is 2.19 bits per heavy atom. The van der Waals surface area contributed by atoms with Crippen molar-refractivity contribution in [3.05, 3.63) is 59.7 Å². The first-order valence-corrected chi connectivity index (χ1v) is 13.8. The summed E-state index contributed by atoms with van der Waals surface area (Å²) in [5.74, 6) is 0.465.